The van der Waals surface area contributed by atoms with Crippen molar-refractivity contribution < 1.29 is 9.53 Å². The molecule has 1 atom stereocenters. The molecule has 0 N–H and O–H groups in total. The van der Waals surface area contributed by atoms with Crippen LogP contribution in [0.4, 0.5) is 4.79 Å². The molecule has 1 unspecified atom stereocenters. The van der Waals surface area contributed by atoms with E-state index < -0.39 is 0 Å². The molecule has 0 aromatic heterocycles. The molecule has 4 heteroatoms. The number of allylic oxidation sites excluding steroid dienone is 8. The van der Waals surface area contributed by atoms with Gasteiger partial charge in [0.1, 0.15) is 0 Å². The van der Waals surface area contributed by atoms with Gasteiger partial charge in [0.2, 0.25) is 0 Å². The lowest BCUT2D eigenvalue weighted by molar-refractivity contribution is 0.0689. The molecule has 0 radical (unpaired) electrons. The van der Waals surface area contributed by atoms with Gasteiger partial charge >= 0.3 is 6.09 Å². The van der Waals surface area contributed by atoms with E-state index in [-0.39, 0.29) is 6.09 Å². The van der Waals surface area contributed by atoms with E-state index >= 15 is 0 Å². The highest BCUT2D eigenvalue weighted by molar-refractivity contribution is 5.67. The van der Waals surface area contributed by atoms with Crippen molar-refractivity contribution in [2.75, 3.05) is 39.8 Å². The summed E-state index contributed by atoms with van der Waals surface area (Å²) in [6, 6.07) is 0. The van der Waals surface area contributed by atoms with Crippen molar-refractivity contribution >= 4 is 6.09 Å². The van der Waals surface area contributed by atoms with Crippen LogP contribution in [0.2, 0.25) is 0 Å². The maximum absolute atomic E-state index is 13.1. The van der Waals surface area contributed by atoms with Gasteiger partial charge in [0, 0.05) is 25.6 Å². The Balaban J connectivity index is 2.19. The maximum Gasteiger partial charge on any atom is 0.409 e. The highest BCUT2D eigenvalue weighted by atomic mass is 16.6. The fourth-order valence-corrected chi connectivity index (χ4v) is 6.57. The molecule has 1 aliphatic heterocycles. The van der Waals surface area contributed by atoms with Crippen LogP contribution in [0.25, 0.3) is 0 Å². The van der Waals surface area contributed by atoms with Gasteiger partial charge in [-0.05, 0) is 103 Å². The van der Waals surface area contributed by atoms with Crippen LogP contribution < -0.4 is 0 Å². The number of carbonyl (C=O) groups excluding carboxylic acids is 1. The Bertz CT molecular complexity index is 769. The zero-order valence-electron chi connectivity index (χ0n) is 32.3. The number of nitrogens with zero attached hydrogens (tertiary/aromatic N) is 2. The summed E-state index contributed by atoms with van der Waals surface area (Å²) >= 11 is 0. The topological polar surface area (TPSA) is 32.8 Å². The zero-order valence-corrected chi connectivity index (χ0v) is 32.3. The third-order valence-corrected chi connectivity index (χ3v) is 9.68. The minimum atomic E-state index is -0.0755. The zero-order chi connectivity index (χ0) is 34.6. The first-order chi connectivity index (χ1) is 23.7. The van der Waals surface area contributed by atoms with Gasteiger partial charge in [0.15, 0.2) is 0 Å². The second-order valence-electron chi connectivity index (χ2n) is 14.5. The van der Waals surface area contributed by atoms with Gasteiger partial charge in [-0.3, -0.25) is 0 Å². The summed E-state index contributed by atoms with van der Waals surface area (Å²) in [5.41, 5.74) is 0. The summed E-state index contributed by atoms with van der Waals surface area (Å²) in [6.45, 7) is 9.00. The quantitative estimate of drug-likeness (QED) is 0.0528. The average Bonchev–Trinajstić information content (AvgIpc) is 3.09. The van der Waals surface area contributed by atoms with Crippen molar-refractivity contribution in [3.8, 4) is 0 Å². The third kappa shape index (κ3) is 29.1. The average molecular weight is 669 g/mol. The number of likely N-dealkylation sites (tertiary alicyclic amines) is 1. The van der Waals surface area contributed by atoms with Crippen LogP contribution >= 0.6 is 0 Å². The standard InChI is InChI=1S/C44H80N2O2/c1-4-6-8-10-12-14-16-18-20-22-24-26-28-30-32-34-39-46(44(47)48-42-43-37-36-38-45(3)41-43)40-35-33-31-29-27-25-23-21-19-17-15-13-11-9-7-5-2/h12-15,18-21,43H,4-11,16-17,22-42H2,1-3H3. The molecule has 1 saturated heterocycles. The Hall–Kier alpha value is -1.81. The molecule has 48 heavy (non-hydrogen) atoms. The number of carbonyl (C=O) groups is 1. The normalized spacial score (nSPS) is 15.9. The van der Waals surface area contributed by atoms with E-state index in [1.165, 1.54) is 141 Å². The molecule has 1 rings (SSSR count). The minimum Gasteiger partial charge on any atom is -0.449 e. The van der Waals surface area contributed by atoms with Gasteiger partial charge in [0.25, 0.3) is 0 Å². The molecule has 4 nitrogen and oxygen atoms in total. The first kappa shape index (κ1) is 44.2. The van der Waals surface area contributed by atoms with E-state index in [1.54, 1.807) is 0 Å². The van der Waals surface area contributed by atoms with E-state index in [2.05, 4.69) is 74.4 Å². The Morgan fingerprint density at radius 1 is 0.604 bits per heavy atom. The molecule has 1 fully saturated rings. The summed E-state index contributed by atoms with van der Waals surface area (Å²) in [4.78, 5) is 17.5. The molecule has 1 amide bonds. The first-order valence-electron chi connectivity index (χ1n) is 20.9. The van der Waals surface area contributed by atoms with E-state index in [9.17, 15) is 4.79 Å². The minimum absolute atomic E-state index is 0.0755. The molecular weight excluding hydrogens is 588 g/mol. The number of amides is 1. The molecule has 0 aromatic carbocycles. The number of ether oxygens (including phenoxy) is 1. The van der Waals surface area contributed by atoms with Crippen molar-refractivity contribution in [2.24, 2.45) is 5.92 Å². The summed E-state index contributed by atoms with van der Waals surface area (Å²) < 4.78 is 5.89. The summed E-state index contributed by atoms with van der Waals surface area (Å²) in [7, 11) is 2.18. The van der Waals surface area contributed by atoms with Crippen molar-refractivity contribution in [1.82, 2.24) is 9.80 Å². The molecule has 0 aliphatic carbocycles. The summed E-state index contributed by atoms with van der Waals surface area (Å²) in [5.74, 6) is 0.485. The van der Waals surface area contributed by atoms with Crippen molar-refractivity contribution in [1.29, 1.82) is 0 Å². The monoisotopic (exact) mass is 669 g/mol. The molecule has 1 heterocycles. The van der Waals surface area contributed by atoms with Gasteiger partial charge in [-0.2, -0.15) is 0 Å². The Kier molecular flexibility index (Phi) is 32.3. The van der Waals surface area contributed by atoms with Crippen LogP contribution in [-0.4, -0.2) is 55.7 Å². The molecular formula is C44H80N2O2. The second-order valence-corrected chi connectivity index (χ2v) is 14.5. The fraction of sp³-hybridized carbons (Fsp3) is 0.795. The Morgan fingerprint density at radius 2 is 1.02 bits per heavy atom. The van der Waals surface area contributed by atoms with Gasteiger partial charge in [-0.1, -0.05) is 140 Å². The van der Waals surface area contributed by atoms with Crippen LogP contribution in [0.3, 0.4) is 0 Å². The number of hydrogen-bond donors (Lipinski definition) is 0. The van der Waals surface area contributed by atoms with Crippen molar-refractivity contribution in [3.63, 3.8) is 0 Å². The smallest absolute Gasteiger partial charge is 0.409 e. The number of rotatable bonds is 32. The summed E-state index contributed by atoms with van der Waals surface area (Å²) in [5, 5.41) is 0. The van der Waals surface area contributed by atoms with Gasteiger partial charge in [-0.15, -0.1) is 0 Å². The number of piperidine rings is 1. The highest BCUT2D eigenvalue weighted by Crippen LogP contribution is 2.17. The van der Waals surface area contributed by atoms with Gasteiger partial charge < -0.3 is 14.5 Å². The number of unbranched alkanes of at least 4 members (excludes halogenated alkanes) is 18. The van der Waals surface area contributed by atoms with Crippen molar-refractivity contribution in [2.45, 2.75) is 181 Å². The molecule has 278 valence electrons. The SMILES string of the molecule is CCCCCC=CCC=CCCCCCCCCN(CCCCCCCCC=CCC=CCCCCC)C(=O)OCC1CCCN(C)C1. The molecule has 0 bridgehead atoms. The van der Waals surface area contributed by atoms with E-state index in [4.69, 9.17) is 4.74 Å². The van der Waals surface area contributed by atoms with Gasteiger partial charge in [-0.25, -0.2) is 4.79 Å². The Morgan fingerprint density at radius 3 is 1.46 bits per heavy atom. The maximum atomic E-state index is 13.1. The predicted octanol–water partition coefficient (Wildman–Crippen LogP) is 13.4. The van der Waals surface area contributed by atoms with Crippen LogP contribution in [0.15, 0.2) is 48.6 Å². The van der Waals surface area contributed by atoms with E-state index in [0.717, 1.165) is 51.9 Å². The predicted molar refractivity (Wildman–Crippen MR) is 212 cm³/mol. The summed E-state index contributed by atoms with van der Waals surface area (Å²) in [6.07, 6.45) is 50.9. The van der Waals surface area contributed by atoms with Crippen LogP contribution in [0.1, 0.15) is 181 Å². The van der Waals surface area contributed by atoms with Crippen LogP contribution in [-0.2, 0) is 4.74 Å². The molecule has 1 aliphatic rings. The van der Waals surface area contributed by atoms with Crippen LogP contribution in [0.5, 0.6) is 0 Å². The third-order valence-electron chi connectivity index (χ3n) is 9.68. The second kappa shape index (κ2) is 35.0. The fourth-order valence-electron chi connectivity index (χ4n) is 6.57. The lowest BCUT2D eigenvalue weighted by Gasteiger charge is -2.30. The largest absolute Gasteiger partial charge is 0.449 e. The first-order valence-corrected chi connectivity index (χ1v) is 20.9. The van der Waals surface area contributed by atoms with Crippen molar-refractivity contribution in [3.05, 3.63) is 48.6 Å². The lowest BCUT2D eigenvalue weighted by atomic mass is 10.00. The Labute approximate surface area is 299 Å². The molecule has 0 saturated carbocycles. The molecule has 0 aromatic rings. The van der Waals surface area contributed by atoms with Gasteiger partial charge in [0.05, 0.1) is 6.61 Å². The highest BCUT2D eigenvalue weighted by Gasteiger charge is 2.21. The van der Waals surface area contributed by atoms with E-state index in [1.807, 2.05) is 4.90 Å². The van der Waals surface area contributed by atoms with E-state index in [0.29, 0.717) is 12.5 Å². The van der Waals surface area contributed by atoms with Crippen LogP contribution in [0, 0.1) is 5.92 Å². The lowest BCUT2D eigenvalue weighted by Crippen LogP contribution is -2.38. The number of hydrogen-bond acceptors (Lipinski definition) is 3. The molecule has 0 spiro atoms.